The van der Waals surface area contributed by atoms with Crippen LogP contribution >= 0.6 is 15.6 Å². The Labute approximate surface area is 281 Å². The number of amides is 3. The van der Waals surface area contributed by atoms with E-state index in [2.05, 4.69) is 25.5 Å². The molecule has 2 aromatic rings. The van der Waals surface area contributed by atoms with Crippen LogP contribution in [0.25, 0.3) is 0 Å². The Morgan fingerprint density at radius 2 is 1.77 bits per heavy atom. The zero-order chi connectivity index (χ0) is 35.1. The number of benzene rings is 1. The minimum atomic E-state index is -5.22. The van der Waals surface area contributed by atoms with Crippen LogP contribution in [0.5, 0.6) is 0 Å². The Morgan fingerprint density at radius 3 is 2.35 bits per heavy atom. The van der Waals surface area contributed by atoms with E-state index >= 15 is 0 Å². The van der Waals surface area contributed by atoms with Crippen molar-refractivity contribution >= 4 is 40.5 Å². The summed E-state index contributed by atoms with van der Waals surface area (Å²) in [4.78, 5) is 78.1. The monoisotopic (exact) mass is 708 g/mol. The number of nitrogens with zero attached hydrogens (tertiary/aromatic N) is 3. The van der Waals surface area contributed by atoms with Crippen molar-refractivity contribution in [2.24, 2.45) is 5.92 Å². The van der Waals surface area contributed by atoms with Crippen molar-refractivity contribution in [1.82, 2.24) is 30.8 Å². The predicted molar refractivity (Wildman–Crippen MR) is 174 cm³/mol. The lowest BCUT2D eigenvalue weighted by atomic mass is 9.73. The molecular formula is C29H43BN6O10P2. The molecule has 5 atom stereocenters. The second kappa shape index (κ2) is 19.8. The van der Waals surface area contributed by atoms with Gasteiger partial charge in [0.25, 0.3) is 5.91 Å². The smallest absolute Gasteiger partial charge is 0.540 e. The molecule has 19 heteroatoms. The molecule has 3 amide bonds. The second-order valence-electron chi connectivity index (χ2n) is 11.8. The van der Waals surface area contributed by atoms with Crippen LogP contribution in [-0.4, -0.2) is 99.8 Å². The summed E-state index contributed by atoms with van der Waals surface area (Å²) in [5.41, 5.74) is -1.28. The van der Waals surface area contributed by atoms with E-state index in [4.69, 9.17) is 19.1 Å². The van der Waals surface area contributed by atoms with Gasteiger partial charge in [-0.2, -0.15) is 4.89 Å². The van der Waals surface area contributed by atoms with Gasteiger partial charge in [-0.1, -0.05) is 44.2 Å². The molecular weight excluding hydrogens is 665 g/mol. The molecule has 16 nitrogen and oxygen atoms in total. The number of carbonyl (C=O) groups is 3. The fraction of sp³-hybridized carbons (Fsp3) is 0.552. The Balaban J connectivity index is 1.54. The molecule has 3 rings (SSSR count). The number of aromatic nitrogens is 2. The summed E-state index contributed by atoms with van der Waals surface area (Å²) in [5.74, 6) is -1.99. The molecule has 1 aromatic heterocycles. The Hall–Kier alpha value is -3.14. The average Bonchev–Trinajstić information content (AvgIpc) is 3.02. The van der Waals surface area contributed by atoms with Crippen molar-refractivity contribution in [2.75, 3.05) is 32.8 Å². The number of rotatable bonds is 17. The van der Waals surface area contributed by atoms with Crippen molar-refractivity contribution in [3.63, 3.8) is 0 Å². The molecule has 1 aromatic carbocycles. The highest BCUT2D eigenvalue weighted by molar-refractivity contribution is 7.64. The highest BCUT2D eigenvalue weighted by Crippen LogP contribution is 2.46. The van der Waals surface area contributed by atoms with Gasteiger partial charge in [0.15, 0.2) is 0 Å². The molecule has 1 aliphatic heterocycles. The molecule has 5 N–H and O–H groups in total. The maximum absolute atomic E-state index is 13.7. The lowest BCUT2D eigenvalue weighted by Gasteiger charge is -2.32. The molecule has 0 aliphatic carbocycles. The van der Waals surface area contributed by atoms with E-state index in [0.717, 1.165) is 5.56 Å². The van der Waals surface area contributed by atoms with Crippen LogP contribution in [0.15, 0.2) is 48.9 Å². The lowest BCUT2D eigenvalue weighted by Crippen LogP contribution is -2.57. The van der Waals surface area contributed by atoms with Gasteiger partial charge in [0, 0.05) is 51.5 Å². The maximum atomic E-state index is 13.7. The Morgan fingerprint density at radius 1 is 1.08 bits per heavy atom. The van der Waals surface area contributed by atoms with E-state index in [1.54, 1.807) is 0 Å². The van der Waals surface area contributed by atoms with Crippen LogP contribution in [-0.2, 0) is 34.4 Å². The van der Waals surface area contributed by atoms with Crippen LogP contribution in [0, 0.1) is 5.92 Å². The van der Waals surface area contributed by atoms with Crippen molar-refractivity contribution in [2.45, 2.75) is 63.5 Å². The van der Waals surface area contributed by atoms with E-state index in [-0.39, 0.29) is 24.5 Å². The molecule has 2 heterocycles. The second-order valence-corrected chi connectivity index (χ2v) is 14.9. The van der Waals surface area contributed by atoms with Gasteiger partial charge in [0.2, 0.25) is 19.4 Å². The topological polar surface area (TPSA) is 232 Å². The molecule has 48 heavy (non-hydrogen) atoms. The Bertz CT molecular complexity index is 1380. The highest BCUT2D eigenvalue weighted by Gasteiger charge is 2.40. The Kier molecular flexibility index (Phi) is 16.2. The van der Waals surface area contributed by atoms with Gasteiger partial charge >= 0.3 is 20.7 Å². The van der Waals surface area contributed by atoms with Gasteiger partial charge in [0.1, 0.15) is 11.7 Å². The standard InChI is InChI=1S/C29H43BN6O10P2/c1-21(2)18-25(34-27(38)23(19-22-8-4-3-5-9-22)33-28(39)24-20-31-11-12-32-24)30-45-16-14-36(15-17-46-30)13-7-6-10-26(37)35-29(47(40)41)48(42,43)44/h3-5,8-9,11-12,20-21,23,25,29H,6-7,10,13-19H2,1-2H3,(H5-,33,34,35,37,38,39,40,41,42,43,44)/t23-,25+,29?/m1/s1. The third-order valence-corrected chi connectivity index (χ3v) is 10.2. The minimum absolute atomic E-state index is 0.0903. The molecule has 0 radical (unpaired) electrons. The first-order valence-corrected chi connectivity index (χ1v) is 18.6. The van der Waals surface area contributed by atoms with E-state index < -0.39 is 58.0 Å². The minimum Gasteiger partial charge on any atom is -0.774 e. The first kappa shape index (κ1) is 39.3. The summed E-state index contributed by atoms with van der Waals surface area (Å²) < 4.78 is 34.6. The van der Waals surface area contributed by atoms with Crippen LogP contribution in [0.3, 0.4) is 0 Å². The van der Waals surface area contributed by atoms with Crippen LogP contribution in [0.4, 0.5) is 0 Å². The van der Waals surface area contributed by atoms with E-state index in [0.29, 0.717) is 52.1 Å². The van der Waals surface area contributed by atoms with E-state index in [1.165, 1.54) is 18.6 Å². The van der Waals surface area contributed by atoms with Crippen LogP contribution in [0.2, 0.25) is 0 Å². The molecule has 0 saturated carbocycles. The third-order valence-electron chi connectivity index (χ3n) is 7.40. The first-order valence-electron chi connectivity index (χ1n) is 15.7. The largest absolute Gasteiger partial charge is 0.774 e. The molecule has 1 fully saturated rings. The van der Waals surface area contributed by atoms with Crippen molar-refractivity contribution in [1.29, 1.82) is 0 Å². The molecule has 0 spiro atoms. The number of unbranched alkanes of at least 4 members (excludes halogenated alkanes) is 1. The summed E-state index contributed by atoms with van der Waals surface area (Å²) in [7, 11) is -9.30. The number of hydrogen-bond donors (Lipinski definition) is 5. The van der Waals surface area contributed by atoms with Gasteiger partial charge in [-0.15, -0.1) is 0 Å². The first-order chi connectivity index (χ1) is 22.8. The molecule has 1 saturated heterocycles. The third kappa shape index (κ3) is 13.8. The number of carbonyl (C=O) groups excluding carboxylic acids is 3. The van der Waals surface area contributed by atoms with Gasteiger partial charge < -0.3 is 39.6 Å². The van der Waals surface area contributed by atoms with Crippen molar-refractivity contribution in [3.8, 4) is 0 Å². The molecule has 0 bridgehead atoms. The van der Waals surface area contributed by atoms with Crippen molar-refractivity contribution in [3.05, 3.63) is 60.2 Å². The van der Waals surface area contributed by atoms with Gasteiger partial charge in [-0.3, -0.25) is 24.3 Å². The summed E-state index contributed by atoms with van der Waals surface area (Å²) in [6.07, 6.45) is 5.84. The normalized spacial score (nSPS) is 17.6. The van der Waals surface area contributed by atoms with Crippen LogP contribution in [0.1, 0.15) is 55.6 Å². The van der Waals surface area contributed by atoms with Crippen LogP contribution < -0.4 is 20.8 Å². The fourth-order valence-corrected chi connectivity index (χ4v) is 6.61. The maximum Gasteiger partial charge on any atom is 0.540 e. The molecule has 1 aliphatic rings. The summed E-state index contributed by atoms with van der Waals surface area (Å²) in [6, 6.07) is 8.43. The number of nitrogens with one attached hydrogen (secondary N) is 3. The average molecular weight is 708 g/mol. The van der Waals surface area contributed by atoms with Gasteiger partial charge in [-0.05, 0) is 41.9 Å². The number of hydrogen-bond acceptors (Lipinski definition) is 11. The van der Waals surface area contributed by atoms with E-state index in [9.17, 15) is 28.4 Å². The zero-order valence-corrected chi connectivity index (χ0v) is 28.8. The van der Waals surface area contributed by atoms with Crippen molar-refractivity contribution < 1.29 is 47.5 Å². The molecule has 262 valence electrons. The summed E-state index contributed by atoms with van der Waals surface area (Å²) in [5, 5.41) is 7.74. The SMILES string of the molecule is CC(C)C[C@H](NC(=O)[C@@H](Cc1ccccc1)NC(=O)c1cnccn1)B1OCCN(CCCCC(=O)NC([P+](=O)O)P(=O)([O-])O)CCO1. The van der Waals surface area contributed by atoms with Gasteiger partial charge in [0.05, 0.1) is 12.1 Å². The zero-order valence-electron chi connectivity index (χ0n) is 27.0. The summed E-state index contributed by atoms with van der Waals surface area (Å²) >= 11 is 0. The summed E-state index contributed by atoms with van der Waals surface area (Å²) in [6.45, 7) is 6.33. The quantitative estimate of drug-likeness (QED) is 0.0861. The van der Waals surface area contributed by atoms with E-state index in [1.807, 2.05) is 49.5 Å². The predicted octanol–water partition coefficient (Wildman–Crippen LogP) is 0.575. The van der Waals surface area contributed by atoms with Gasteiger partial charge in [-0.25, -0.2) is 4.98 Å². The highest BCUT2D eigenvalue weighted by atomic mass is 31.2. The fourth-order valence-electron chi connectivity index (χ4n) is 5.05. The lowest BCUT2D eigenvalue weighted by molar-refractivity contribution is -0.195. The molecule has 3 unspecified atom stereocenters.